The Bertz CT molecular complexity index is 625. The van der Waals surface area contributed by atoms with Crippen molar-refractivity contribution in [2.45, 2.75) is 12.5 Å². The number of nitrogens with one attached hydrogen (secondary N) is 1. The molecular weight excluding hydrogens is 242 g/mol. The van der Waals surface area contributed by atoms with Crippen molar-refractivity contribution in [1.29, 1.82) is 0 Å². The number of benzene rings is 2. The third-order valence-electron chi connectivity index (χ3n) is 3.57. The van der Waals surface area contributed by atoms with Gasteiger partial charge in [-0.3, -0.25) is 0 Å². The molecule has 0 fully saturated rings. The first-order valence-electron chi connectivity index (χ1n) is 6.19. The van der Waals surface area contributed by atoms with Crippen LogP contribution in [0.25, 0.3) is 0 Å². The molecular formula is C15H15NO3. The van der Waals surface area contributed by atoms with Gasteiger partial charge in [0.05, 0.1) is 0 Å². The van der Waals surface area contributed by atoms with Crippen molar-refractivity contribution in [3.63, 3.8) is 0 Å². The Morgan fingerprint density at radius 3 is 2.58 bits per heavy atom. The van der Waals surface area contributed by atoms with Gasteiger partial charge in [0.2, 0.25) is 0 Å². The van der Waals surface area contributed by atoms with E-state index in [9.17, 15) is 15.3 Å². The highest BCUT2D eigenvalue weighted by Crippen LogP contribution is 2.35. The predicted molar refractivity (Wildman–Crippen MR) is 71.4 cm³/mol. The standard InChI is InChI=1S/C15H15NO3/c17-11-3-1-10-7-16-8-13(12(10)6-11)9-2-4-14(18)15(19)5-9/h1-6,13,16-19H,7-8H2. The number of fused-ring (bicyclic) bond motifs is 1. The molecule has 4 heteroatoms. The van der Waals surface area contributed by atoms with E-state index in [0.717, 1.165) is 29.8 Å². The predicted octanol–water partition coefficient (Wildman–Crippen LogP) is 2.04. The van der Waals surface area contributed by atoms with Gasteiger partial charge in [-0.15, -0.1) is 0 Å². The summed E-state index contributed by atoms with van der Waals surface area (Å²) >= 11 is 0. The monoisotopic (exact) mass is 257 g/mol. The van der Waals surface area contributed by atoms with E-state index in [1.165, 1.54) is 6.07 Å². The van der Waals surface area contributed by atoms with Crippen molar-refractivity contribution in [3.8, 4) is 17.2 Å². The van der Waals surface area contributed by atoms with Crippen LogP contribution in [-0.4, -0.2) is 21.9 Å². The Labute approximate surface area is 111 Å². The van der Waals surface area contributed by atoms with Crippen molar-refractivity contribution in [1.82, 2.24) is 5.32 Å². The molecule has 1 aliphatic heterocycles. The molecule has 1 heterocycles. The minimum Gasteiger partial charge on any atom is -0.508 e. The molecule has 0 saturated heterocycles. The van der Waals surface area contributed by atoms with E-state index in [2.05, 4.69) is 5.32 Å². The zero-order valence-corrected chi connectivity index (χ0v) is 10.3. The van der Waals surface area contributed by atoms with Gasteiger partial charge in [0, 0.05) is 19.0 Å². The van der Waals surface area contributed by atoms with Crippen LogP contribution >= 0.6 is 0 Å². The Kier molecular flexibility index (Phi) is 2.80. The van der Waals surface area contributed by atoms with E-state index in [4.69, 9.17) is 0 Å². The number of hydrogen-bond acceptors (Lipinski definition) is 4. The van der Waals surface area contributed by atoms with Crippen LogP contribution in [-0.2, 0) is 6.54 Å². The summed E-state index contributed by atoms with van der Waals surface area (Å²) in [5.41, 5.74) is 3.11. The second kappa shape index (κ2) is 4.48. The van der Waals surface area contributed by atoms with Crippen LogP contribution in [0.4, 0.5) is 0 Å². The summed E-state index contributed by atoms with van der Waals surface area (Å²) in [5, 5.41) is 31.9. The quantitative estimate of drug-likeness (QED) is 0.590. The highest BCUT2D eigenvalue weighted by molar-refractivity contribution is 5.48. The van der Waals surface area contributed by atoms with Crippen molar-refractivity contribution < 1.29 is 15.3 Å². The SMILES string of the molecule is Oc1ccc2c(c1)C(c1ccc(O)c(O)c1)CNC2. The number of phenolic OH excluding ortho intramolecular Hbond substituents is 3. The van der Waals surface area contributed by atoms with Crippen LogP contribution in [0.3, 0.4) is 0 Å². The van der Waals surface area contributed by atoms with Gasteiger partial charge in [-0.05, 0) is 41.0 Å². The minimum atomic E-state index is -0.122. The zero-order valence-electron chi connectivity index (χ0n) is 10.3. The molecule has 19 heavy (non-hydrogen) atoms. The van der Waals surface area contributed by atoms with Gasteiger partial charge in [0.1, 0.15) is 5.75 Å². The van der Waals surface area contributed by atoms with Gasteiger partial charge in [-0.25, -0.2) is 0 Å². The molecule has 0 amide bonds. The van der Waals surface area contributed by atoms with Crippen molar-refractivity contribution in [3.05, 3.63) is 53.1 Å². The van der Waals surface area contributed by atoms with Gasteiger partial charge in [0.25, 0.3) is 0 Å². The van der Waals surface area contributed by atoms with E-state index in [1.54, 1.807) is 24.3 Å². The van der Waals surface area contributed by atoms with Crippen LogP contribution in [0, 0.1) is 0 Å². The molecule has 2 aromatic carbocycles. The zero-order chi connectivity index (χ0) is 13.4. The molecule has 2 aromatic rings. The van der Waals surface area contributed by atoms with E-state index in [1.807, 2.05) is 6.07 Å². The molecule has 1 atom stereocenters. The summed E-state index contributed by atoms with van der Waals surface area (Å²) in [6.07, 6.45) is 0. The van der Waals surface area contributed by atoms with E-state index < -0.39 is 0 Å². The molecule has 3 rings (SSSR count). The smallest absolute Gasteiger partial charge is 0.157 e. The summed E-state index contributed by atoms with van der Waals surface area (Å²) < 4.78 is 0. The summed E-state index contributed by atoms with van der Waals surface area (Å²) in [5.74, 6) is 0.0597. The van der Waals surface area contributed by atoms with E-state index in [-0.39, 0.29) is 23.2 Å². The fourth-order valence-corrected chi connectivity index (χ4v) is 2.58. The number of hydrogen-bond donors (Lipinski definition) is 4. The average Bonchev–Trinajstić information content (AvgIpc) is 2.41. The van der Waals surface area contributed by atoms with Crippen molar-refractivity contribution in [2.75, 3.05) is 6.54 Å². The number of rotatable bonds is 1. The lowest BCUT2D eigenvalue weighted by Crippen LogP contribution is -2.28. The molecule has 4 N–H and O–H groups in total. The van der Waals surface area contributed by atoms with Crippen LogP contribution in [0.1, 0.15) is 22.6 Å². The van der Waals surface area contributed by atoms with E-state index in [0.29, 0.717) is 0 Å². The summed E-state index contributed by atoms with van der Waals surface area (Å²) in [6.45, 7) is 1.51. The summed E-state index contributed by atoms with van der Waals surface area (Å²) in [6, 6.07) is 10.2. The van der Waals surface area contributed by atoms with Crippen LogP contribution < -0.4 is 5.32 Å². The lowest BCUT2D eigenvalue weighted by Gasteiger charge is -2.27. The molecule has 0 aromatic heterocycles. The lowest BCUT2D eigenvalue weighted by atomic mass is 9.85. The fraction of sp³-hybridized carbons (Fsp3) is 0.200. The van der Waals surface area contributed by atoms with Gasteiger partial charge in [-0.1, -0.05) is 12.1 Å². The molecule has 0 bridgehead atoms. The van der Waals surface area contributed by atoms with Gasteiger partial charge < -0.3 is 20.6 Å². The molecule has 0 spiro atoms. The van der Waals surface area contributed by atoms with E-state index >= 15 is 0 Å². The van der Waals surface area contributed by atoms with Crippen LogP contribution in [0.15, 0.2) is 36.4 Å². The molecule has 0 radical (unpaired) electrons. The first-order chi connectivity index (χ1) is 9.15. The van der Waals surface area contributed by atoms with Gasteiger partial charge >= 0.3 is 0 Å². The highest BCUT2D eigenvalue weighted by Gasteiger charge is 2.22. The molecule has 1 unspecified atom stereocenters. The highest BCUT2D eigenvalue weighted by atomic mass is 16.3. The molecule has 0 saturated carbocycles. The van der Waals surface area contributed by atoms with Gasteiger partial charge in [0.15, 0.2) is 11.5 Å². The topological polar surface area (TPSA) is 72.7 Å². The lowest BCUT2D eigenvalue weighted by molar-refractivity contribution is 0.402. The van der Waals surface area contributed by atoms with Crippen molar-refractivity contribution >= 4 is 0 Å². The molecule has 0 aliphatic carbocycles. The Morgan fingerprint density at radius 2 is 1.79 bits per heavy atom. The molecule has 98 valence electrons. The normalized spacial score (nSPS) is 18.0. The van der Waals surface area contributed by atoms with Crippen molar-refractivity contribution in [2.24, 2.45) is 0 Å². The number of phenols is 3. The molecule has 4 nitrogen and oxygen atoms in total. The second-order valence-electron chi connectivity index (χ2n) is 4.81. The summed E-state index contributed by atoms with van der Waals surface area (Å²) in [4.78, 5) is 0. The third-order valence-corrected chi connectivity index (χ3v) is 3.57. The maximum atomic E-state index is 9.64. The number of aromatic hydroxyl groups is 3. The fourth-order valence-electron chi connectivity index (χ4n) is 2.58. The van der Waals surface area contributed by atoms with Crippen LogP contribution in [0.2, 0.25) is 0 Å². The Morgan fingerprint density at radius 1 is 0.947 bits per heavy atom. The Balaban J connectivity index is 2.07. The largest absolute Gasteiger partial charge is 0.508 e. The summed E-state index contributed by atoms with van der Waals surface area (Å²) in [7, 11) is 0. The second-order valence-corrected chi connectivity index (χ2v) is 4.81. The Hall–Kier alpha value is -2.20. The third kappa shape index (κ3) is 2.11. The van der Waals surface area contributed by atoms with Gasteiger partial charge in [-0.2, -0.15) is 0 Å². The maximum absolute atomic E-state index is 9.64. The first kappa shape index (κ1) is 11.9. The van der Waals surface area contributed by atoms with Crippen LogP contribution in [0.5, 0.6) is 17.2 Å². The average molecular weight is 257 g/mol. The maximum Gasteiger partial charge on any atom is 0.157 e. The first-order valence-corrected chi connectivity index (χ1v) is 6.19. The molecule has 1 aliphatic rings. The minimum absolute atomic E-state index is 0.0577.